The van der Waals surface area contributed by atoms with E-state index in [2.05, 4.69) is 32.0 Å². The molecule has 3 atom stereocenters. The number of hydrogen-bond acceptors (Lipinski definition) is 2. The van der Waals surface area contributed by atoms with E-state index >= 15 is 0 Å². The minimum absolute atomic E-state index is 0.0308. The van der Waals surface area contributed by atoms with E-state index in [9.17, 15) is 9.00 Å². The fourth-order valence-electron chi connectivity index (χ4n) is 2.75. The largest absolute Gasteiger partial charge is 0.299 e. The minimum atomic E-state index is -0.934. The van der Waals surface area contributed by atoms with E-state index in [-0.39, 0.29) is 17.0 Å². The molecule has 1 aliphatic rings. The van der Waals surface area contributed by atoms with Crippen LogP contribution in [0.2, 0.25) is 0 Å². The van der Waals surface area contributed by atoms with Crippen LogP contribution in [0.3, 0.4) is 0 Å². The van der Waals surface area contributed by atoms with Crippen LogP contribution in [-0.2, 0) is 21.3 Å². The Morgan fingerprint density at radius 3 is 2.33 bits per heavy atom. The molecular formula is C15H20O2S. The highest BCUT2D eigenvalue weighted by Crippen LogP contribution is 2.28. The molecule has 3 heteroatoms. The van der Waals surface area contributed by atoms with E-state index in [0.29, 0.717) is 12.2 Å². The van der Waals surface area contributed by atoms with Gasteiger partial charge in [0.25, 0.3) is 0 Å². The van der Waals surface area contributed by atoms with Crippen LogP contribution in [0.5, 0.6) is 0 Å². The van der Waals surface area contributed by atoms with Gasteiger partial charge in [0, 0.05) is 34.1 Å². The molecule has 0 radical (unpaired) electrons. The van der Waals surface area contributed by atoms with Crippen molar-refractivity contribution in [3.05, 3.63) is 34.9 Å². The summed E-state index contributed by atoms with van der Waals surface area (Å²) in [5.74, 6) is 0.815. The highest BCUT2D eigenvalue weighted by molar-refractivity contribution is 7.84. The molecule has 3 unspecified atom stereocenters. The van der Waals surface area contributed by atoms with E-state index < -0.39 is 10.8 Å². The zero-order valence-electron chi connectivity index (χ0n) is 11.2. The van der Waals surface area contributed by atoms with Gasteiger partial charge in [-0.15, -0.1) is 0 Å². The second-order valence-corrected chi connectivity index (χ2v) is 7.01. The first-order chi connectivity index (χ1) is 8.47. The number of ketones is 1. The summed E-state index contributed by atoms with van der Waals surface area (Å²) >= 11 is 0. The fraction of sp³-hybridized carbons (Fsp3) is 0.533. The van der Waals surface area contributed by atoms with Crippen molar-refractivity contribution < 1.29 is 9.00 Å². The molecule has 1 aliphatic carbocycles. The maximum absolute atomic E-state index is 12.4. The summed E-state index contributed by atoms with van der Waals surface area (Å²) < 4.78 is 12.4. The maximum atomic E-state index is 12.4. The molecule has 0 aromatic heterocycles. The summed E-state index contributed by atoms with van der Waals surface area (Å²) in [6.45, 7) is 6.03. The summed E-state index contributed by atoms with van der Waals surface area (Å²) in [5.41, 5.74) is 3.53. The first kappa shape index (κ1) is 13.5. The summed E-state index contributed by atoms with van der Waals surface area (Å²) in [4.78, 5) is 11.5. The van der Waals surface area contributed by atoms with Gasteiger partial charge in [0.2, 0.25) is 0 Å². The van der Waals surface area contributed by atoms with Gasteiger partial charge in [-0.1, -0.05) is 36.2 Å². The summed E-state index contributed by atoms with van der Waals surface area (Å²) in [6.07, 6.45) is 1.39. The third kappa shape index (κ3) is 2.89. The van der Waals surface area contributed by atoms with Crippen molar-refractivity contribution in [1.29, 1.82) is 0 Å². The predicted molar refractivity (Wildman–Crippen MR) is 75.0 cm³/mol. The van der Waals surface area contributed by atoms with Crippen molar-refractivity contribution in [3.8, 4) is 0 Å². The summed E-state index contributed by atoms with van der Waals surface area (Å²) in [7, 11) is -0.934. The number of carbonyl (C=O) groups excluding carboxylic acids is 1. The molecule has 1 saturated carbocycles. The maximum Gasteiger partial charge on any atom is 0.136 e. The molecule has 1 fully saturated rings. The Balaban J connectivity index is 2.09. The quantitative estimate of drug-likeness (QED) is 0.841. The molecule has 1 aromatic rings. The van der Waals surface area contributed by atoms with Crippen molar-refractivity contribution in [3.63, 3.8) is 0 Å². The standard InChI is InChI=1S/C15H20O2S/c1-10-6-11(2)8-13(7-10)9-18(17)15-5-4-14(16)12(15)3/h6-8,12,15H,4-5,9H2,1-3H3. The number of benzene rings is 1. The molecule has 1 aromatic carbocycles. The van der Waals surface area contributed by atoms with Crippen LogP contribution < -0.4 is 0 Å². The van der Waals surface area contributed by atoms with Gasteiger partial charge < -0.3 is 0 Å². The minimum Gasteiger partial charge on any atom is -0.299 e. The molecule has 98 valence electrons. The Kier molecular flexibility index (Phi) is 4.00. The van der Waals surface area contributed by atoms with Crippen LogP contribution in [0, 0.1) is 19.8 Å². The fourth-order valence-corrected chi connectivity index (χ4v) is 4.45. The lowest BCUT2D eigenvalue weighted by atomic mass is 10.1. The topological polar surface area (TPSA) is 34.1 Å². The van der Waals surface area contributed by atoms with Crippen LogP contribution in [0.1, 0.15) is 36.5 Å². The van der Waals surface area contributed by atoms with Gasteiger partial charge in [-0.3, -0.25) is 9.00 Å². The average molecular weight is 264 g/mol. The first-order valence-corrected chi connectivity index (χ1v) is 7.82. The second kappa shape index (κ2) is 5.35. The number of hydrogen-bond donors (Lipinski definition) is 0. The summed E-state index contributed by atoms with van der Waals surface area (Å²) in [5, 5.41) is 0.0540. The lowest BCUT2D eigenvalue weighted by molar-refractivity contribution is -0.120. The number of rotatable bonds is 3. The molecule has 18 heavy (non-hydrogen) atoms. The lowest BCUT2D eigenvalue weighted by Crippen LogP contribution is -2.22. The van der Waals surface area contributed by atoms with E-state index in [1.165, 1.54) is 11.1 Å². The van der Waals surface area contributed by atoms with Crippen molar-refractivity contribution in [2.75, 3.05) is 0 Å². The molecule has 0 spiro atoms. The van der Waals surface area contributed by atoms with Crippen molar-refractivity contribution in [2.24, 2.45) is 5.92 Å². The van der Waals surface area contributed by atoms with E-state index in [1.54, 1.807) is 0 Å². The Labute approximate surface area is 111 Å². The highest BCUT2D eigenvalue weighted by Gasteiger charge is 2.34. The van der Waals surface area contributed by atoms with E-state index in [0.717, 1.165) is 12.0 Å². The second-order valence-electron chi connectivity index (χ2n) is 5.35. The van der Waals surface area contributed by atoms with Crippen LogP contribution in [0.25, 0.3) is 0 Å². The number of aryl methyl sites for hydroxylation is 2. The predicted octanol–water partition coefficient (Wildman–Crippen LogP) is 2.92. The SMILES string of the molecule is Cc1cc(C)cc(CS(=O)C2CCC(=O)C2C)c1. The molecule has 2 nitrogen and oxygen atoms in total. The number of Topliss-reactive ketones (excluding diaryl/α,β-unsaturated/α-hetero) is 1. The van der Waals surface area contributed by atoms with Crippen molar-refractivity contribution >= 4 is 16.6 Å². The average Bonchev–Trinajstić information content (AvgIpc) is 2.58. The zero-order valence-corrected chi connectivity index (χ0v) is 12.0. The van der Waals surface area contributed by atoms with Crippen LogP contribution in [-0.4, -0.2) is 15.2 Å². The molecule has 0 heterocycles. The van der Waals surface area contributed by atoms with Crippen LogP contribution >= 0.6 is 0 Å². The smallest absolute Gasteiger partial charge is 0.136 e. The molecule has 0 N–H and O–H groups in total. The van der Waals surface area contributed by atoms with Gasteiger partial charge in [0.05, 0.1) is 0 Å². The van der Waals surface area contributed by atoms with Gasteiger partial charge in [0.1, 0.15) is 5.78 Å². The monoisotopic (exact) mass is 264 g/mol. The first-order valence-electron chi connectivity index (χ1n) is 6.44. The van der Waals surface area contributed by atoms with Gasteiger partial charge in [-0.2, -0.15) is 0 Å². The Morgan fingerprint density at radius 2 is 1.83 bits per heavy atom. The molecule has 0 bridgehead atoms. The van der Waals surface area contributed by atoms with Crippen molar-refractivity contribution in [2.45, 2.75) is 44.6 Å². The number of carbonyl (C=O) groups is 1. The van der Waals surface area contributed by atoms with E-state index in [1.807, 2.05) is 6.92 Å². The molecule has 2 rings (SSSR count). The van der Waals surface area contributed by atoms with Gasteiger partial charge in [-0.05, 0) is 25.8 Å². The van der Waals surface area contributed by atoms with Gasteiger partial charge >= 0.3 is 0 Å². The molecule has 0 amide bonds. The van der Waals surface area contributed by atoms with Gasteiger partial charge in [0.15, 0.2) is 0 Å². The van der Waals surface area contributed by atoms with Gasteiger partial charge in [-0.25, -0.2) is 0 Å². The Morgan fingerprint density at radius 1 is 1.22 bits per heavy atom. The Bertz CT molecular complexity index is 473. The Hall–Kier alpha value is -0.960. The lowest BCUT2D eigenvalue weighted by Gasteiger charge is -2.14. The molecule has 0 saturated heterocycles. The molecular weight excluding hydrogens is 244 g/mol. The van der Waals surface area contributed by atoms with E-state index in [4.69, 9.17) is 0 Å². The zero-order chi connectivity index (χ0) is 13.3. The highest BCUT2D eigenvalue weighted by atomic mass is 32.2. The van der Waals surface area contributed by atoms with Crippen LogP contribution in [0.4, 0.5) is 0 Å². The normalized spacial score (nSPS) is 25.4. The molecule has 0 aliphatic heterocycles. The third-order valence-electron chi connectivity index (χ3n) is 3.67. The summed E-state index contributed by atoms with van der Waals surface area (Å²) in [6, 6.07) is 6.30. The van der Waals surface area contributed by atoms with Crippen LogP contribution in [0.15, 0.2) is 18.2 Å². The van der Waals surface area contributed by atoms with Crippen molar-refractivity contribution in [1.82, 2.24) is 0 Å². The third-order valence-corrected chi connectivity index (χ3v) is 5.61.